The van der Waals surface area contributed by atoms with E-state index in [4.69, 9.17) is 9.73 Å². The van der Waals surface area contributed by atoms with Gasteiger partial charge in [-0.25, -0.2) is 0 Å². The van der Waals surface area contributed by atoms with E-state index in [9.17, 15) is 4.79 Å². The molecular formula is C20H26N4O2. The van der Waals surface area contributed by atoms with Crippen molar-refractivity contribution in [2.45, 2.75) is 13.0 Å². The smallest absolute Gasteiger partial charge is 0.252 e. The zero-order valence-electron chi connectivity index (χ0n) is 15.2. The number of carbonyl (C=O) groups excluding carboxylic acids is 1. The summed E-state index contributed by atoms with van der Waals surface area (Å²) in [6.07, 6.45) is 3.84. The van der Waals surface area contributed by atoms with Gasteiger partial charge in [0, 0.05) is 42.5 Å². The summed E-state index contributed by atoms with van der Waals surface area (Å²) in [7, 11) is 0. The van der Waals surface area contributed by atoms with E-state index in [0.717, 1.165) is 44.2 Å². The summed E-state index contributed by atoms with van der Waals surface area (Å²) >= 11 is 0. The Hall–Kier alpha value is -2.44. The molecule has 1 saturated heterocycles. The van der Waals surface area contributed by atoms with Crippen molar-refractivity contribution in [3.63, 3.8) is 0 Å². The molecule has 0 radical (unpaired) electrons. The minimum atomic E-state index is -0.103. The second kappa shape index (κ2) is 8.78. The van der Waals surface area contributed by atoms with Gasteiger partial charge in [-0.2, -0.15) is 0 Å². The zero-order chi connectivity index (χ0) is 18.4. The number of carbonyl (C=O) groups is 1. The first-order valence-corrected chi connectivity index (χ1v) is 9.02. The first-order valence-electron chi connectivity index (χ1n) is 9.02. The third kappa shape index (κ3) is 4.80. The van der Waals surface area contributed by atoms with Crippen molar-refractivity contribution in [3.8, 4) is 0 Å². The lowest BCUT2D eigenvalue weighted by Crippen LogP contribution is -2.38. The van der Waals surface area contributed by atoms with E-state index in [1.54, 1.807) is 0 Å². The molecule has 1 fully saturated rings. The maximum absolute atomic E-state index is 12.4. The number of hydrogen-bond acceptors (Lipinski definition) is 4. The summed E-state index contributed by atoms with van der Waals surface area (Å²) < 4.78 is 5.37. The SMILES string of the molecule is C=C1NC(=NCCN2CCOCC2)/C=C\C(C)NC(=O)c2ccccc21. The molecule has 1 unspecified atom stereocenters. The van der Waals surface area contributed by atoms with Crippen molar-refractivity contribution in [2.24, 2.45) is 4.99 Å². The summed E-state index contributed by atoms with van der Waals surface area (Å²) in [5.74, 6) is 0.648. The van der Waals surface area contributed by atoms with E-state index in [1.165, 1.54) is 0 Å². The number of hydrogen-bond donors (Lipinski definition) is 2. The van der Waals surface area contributed by atoms with E-state index in [1.807, 2.05) is 43.3 Å². The zero-order valence-corrected chi connectivity index (χ0v) is 15.2. The first-order chi connectivity index (χ1) is 12.6. The highest BCUT2D eigenvalue weighted by molar-refractivity contribution is 6.04. The molecule has 1 amide bonds. The highest BCUT2D eigenvalue weighted by Gasteiger charge is 2.16. The second-order valence-corrected chi connectivity index (χ2v) is 6.49. The molecule has 6 nitrogen and oxygen atoms in total. The van der Waals surface area contributed by atoms with Gasteiger partial charge in [-0.3, -0.25) is 14.7 Å². The van der Waals surface area contributed by atoms with Crippen LogP contribution in [-0.2, 0) is 4.74 Å². The molecule has 1 aromatic rings. The Kier molecular flexibility index (Phi) is 6.20. The molecular weight excluding hydrogens is 328 g/mol. The maximum Gasteiger partial charge on any atom is 0.252 e. The molecule has 138 valence electrons. The number of ether oxygens (including phenoxy) is 1. The van der Waals surface area contributed by atoms with Crippen LogP contribution in [0, 0.1) is 0 Å². The quantitative estimate of drug-likeness (QED) is 0.867. The number of nitrogens with zero attached hydrogens (tertiary/aromatic N) is 2. The van der Waals surface area contributed by atoms with Crippen LogP contribution >= 0.6 is 0 Å². The molecule has 0 saturated carbocycles. The molecule has 0 bridgehead atoms. The van der Waals surface area contributed by atoms with Crippen LogP contribution in [0.15, 0.2) is 48.0 Å². The molecule has 0 aliphatic carbocycles. The summed E-state index contributed by atoms with van der Waals surface area (Å²) in [5.41, 5.74) is 2.06. The van der Waals surface area contributed by atoms with Gasteiger partial charge in [-0.15, -0.1) is 0 Å². The molecule has 2 heterocycles. The van der Waals surface area contributed by atoms with Crippen molar-refractivity contribution < 1.29 is 9.53 Å². The average molecular weight is 354 g/mol. The van der Waals surface area contributed by atoms with Gasteiger partial charge in [0.2, 0.25) is 0 Å². The molecule has 3 rings (SSSR count). The highest BCUT2D eigenvalue weighted by atomic mass is 16.5. The van der Waals surface area contributed by atoms with Gasteiger partial charge in [0.05, 0.1) is 19.8 Å². The van der Waals surface area contributed by atoms with Gasteiger partial charge in [0.1, 0.15) is 5.84 Å². The second-order valence-electron chi connectivity index (χ2n) is 6.49. The Morgan fingerprint density at radius 2 is 2.00 bits per heavy atom. The molecule has 2 aliphatic heterocycles. The summed E-state index contributed by atoms with van der Waals surface area (Å²) in [4.78, 5) is 19.5. The minimum Gasteiger partial charge on any atom is -0.379 e. The largest absolute Gasteiger partial charge is 0.379 e. The van der Waals surface area contributed by atoms with Crippen LogP contribution < -0.4 is 10.6 Å². The fourth-order valence-electron chi connectivity index (χ4n) is 3.00. The Labute approximate surface area is 154 Å². The Balaban J connectivity index is 1.75. The van der Waals surface area contributed by atoms with Crippen molar-refractivity contribution in [2.75, 3.05) is 39.4 Å². The van der Waals surface area contributed by atoms with E-state index in [-0.39, 0.29) is 11.9 Å². The Bertz CT molecular complexity index is 720. The van der Waals surface area contributed by atoms with Gasteiger partial charge in [0.25, 0.3) is 5.91 Å². The first kappa shape index (κ1) is 18.4. The fraction of sp³-hybridized carbons (Fsp3) is 0.400. The number of fused-ring (bicyclic) bond motifs is 1. The van der Waals surface area contributed by atoms with E-state index in [0.29, 0.717) is 17.8 Å². The fourth-order valence-corrected chi connectivity index (χ4v) is 3.00. The molecule has 26 heavy (non-hydrogen) atoms. The predicted octanol–water partition coefficient (Wildman–Crippen LogP) is 1.67. The standard InChI is InChI=1S/C20H26N4O2/c1-15-7-8-19(21-9-10-24-11-13-26-14-12-24)23-16(2)17-5-3-4-6-18(17)20(25)22-15/h3-8,15H,2,9-14H2,1H3,(H,21,23)(H,22,25)/b8-7-. The third-order valence-corrected chi connectivity index (χ3v) is 4.48. The highest BCUT2D eigenvalue weighted by Crippen LogP contribution is 2.17. The third-order valence-electron chi connectivity index (χ3n) is 4.48. The lowest BCUT2D eigenvalue weighted by Gasteiger charge is -2.25. The molecule has 0 spiro atoms. The molecule has 1 atom stereocenters. The van der Waals surface area contributed by atoms with Crippen LogP contribution in [0.3, 0.4) is 0 Å². The van der Waals surface area contributed by atoms with Gasteiger partial charge >= 0.3 is 0 Å². The minimum absolute atomic E-state index is 0.0897. The number of benzene rings is 1. The van der Waals surface area contributed by atoms with Crippen molar-refractivity contribution in [1.29, 1.82) is 0 Å². The van der Waals surface area contributed by atoms with Crippen LogP contribution in [0.2, 0.25) is 0 Å². The van der Waals surface area contributed by atoms with E-state index < -0.39 is 0 Å². The summed E-state index contributed by atoms with van der Waals surface area (Å²) in [5, 5.41) is 6.25. The van der Waals surface area contributed by atoms with Crippen molar-refractivity contribution in [1.82, 2.24) is 15.5 Å². The number of rotatable bonds is 3. The molecule has 1 aromatic carbocycles. The number of amidine groups is 1. The van der Waals surface area contributed by atoms with E-state index in [2.05, 4.69) is 22.1 Å². The predicted molar refractivity (Wildman–Crippen MR) is 104 cm³/mol. The van der Waals surface area contributed by atoms with Gasteiger partial charge < -0.3 is 15.4 Å². The van der Waals surface area contributed by atoms with Gasteiger partial charge in [-0.1, -0.05) is 30.9 Å². The number of amides is 1. The number of nitrogens with one attached hydrogen (secondary N) is 2. The average Bonchev–Trinajstić information content (AvgIpc) is 2.66. The topological polar surface area (TPSA) is 66.0 Å². The number of morpholine rings is 1. The van der Waals surface area contributed by atoms with Crippen LogP contribution in [0.25, 0.3) is 5.70 Å². The molecule has 2 N–H and O–H groups in total. The molecule has 0 aromatic heterocycles. The van der Waals surface area contributed by atoms with Crippen LogP contribution in [0.4, 0.5) is 0 Å². The van der Waals surface area contributed by atoms with Gasteiger partial charge in [-0.05, 0) is 19.1 Å². The lowest BCUT2D eigenvalue weighted by atomic mass is 10.0. The summed E-state index contributed by atoms with van der Waals surface area (Å²) in [6.45, 7) is 11.1. The van der Waals surface area contributed by atoms with Crippen molar-refractivity contribution >= 4 is 17.4 Å². The van der Waals surface area contributed by atoms with Crippen LogP contribution in [-0.4, -0.2) is 62.1 Å². The van der Waals surface area contributed by atoms with Crippen LogP contribution in [0.1, 0.15) is 22.8 Å². The van der Waals surface area contributed by atoms with Crippen LogP contribution in [0.5, 0.6) is 0 Å². The van der Waals surface area contributed by atoms with Gasteiger partial charge in [0.15, 0.2) is 0 Å². The lowest BCUT2D eigenvalue weighted by molar-refractivity contribution is 0.0394. The molecule has 2 aliphatic rings. The maximum atomic E-state index is 12.4. The Morgan fingerprint density at radius 1 is 1.27 bits per heavy atom. The Morgan fingerprint density at radius 3 is 2.77 bits per heavy atom. The summed E-state index contributed by atoms with van der Waals surface area (Å²) in [6, 6.07) is 7.37. The number of aliphatic imine (C=N–C) groups is 1. The molecule has 6 heteroatoms. The van der Waals surface area contributed by atoms with Crippen molar-refractivity contribution in [3.05, 3.63) is 54.1 Å². The van der Waals surface area contributed by atoms with E-state index >= 15 is 0 Å². The monoisotopic (exact) mass is 354 g/mol. The normalized spacial score (nSPS) is 24.5.